The lowest BCUT2D eigenvalue weighted by atomic mass is 9.74. The lowest BCUT2D eigenvalue weighted by Gasteiger charge is -2.36. The second-order valence-corrected chi connectivity index (χ2v) is 15.1. The molecule has 1 aliphatic carbocycles. The Balaban J connectivity index is 1.19. The highest BCUT2D eigenvalue weighted by molar-refractivity contribution is 6.62. The van der Waals surface area contributed by atoms with Crippen molar-refractivity contribution in [2.45, 2.75) is 84.7 Å². The SMILES string of the molecule is Cc1c(CN2CCN(C(=O)OC(C)(C)C)CC2)cc(NC(=O)OCC2c3ccccc3-c3ccccc32)cc1B1OC(C)(C)C(C)(C)O1. The molecule has 2 saturated heterocycles. The molecule has 0 unspecified atom stereocenters. The number of fused-ring (bicyclic) bond motifs is 3. The summed E-state index contributed by atoms with van der Waals surface area (Å²) in [6.07, 6.45) is -0.798. The first-order valence-corrected chi connectivity index (χ1v) is 16.9. The van der Waals surface area contributed by atoms with E-state index in [1.54, 1.807) is 4.90 Å². The quantitative estimate of drug-likeness (QED) is 0.296. The molecule has 2 aliphatic heterocycles. The number of hydrogen-bond acceptors (Lipinski definition) is 7. The van der Waals surface area contributed by atoms with Gasteiger partial charge < -0.3 is 23.7 Å². The first-order chi connectivity index (χ1) is 22.6. The maximum Gasteiger partial charge on any atom is 0.495 e. The van der Waals surface area contributed by atoms with Crippen LogP contribution >= 0.6 is 0 Å². The fraction of sp³-hybridized carbons (Fsp3) is 0.474. The summed E-state index contributed by atoms with van der Waals surface area (Å²) in [4.78, 5) is 30.1. The molecule has 48 heavy (non-hydrogen) atoms. The highest BCUT2D eigenvalue weighted by Crippen LogP contribution is 2.44. The molecule has 10 heteroatoms. The minimum atomic E-state index is -0.595. The molecular formula is C38H48BN3O6. The smallest absolute Gasteiger partial charge is 0.448 e. The van der Waals surface area contributed by atoms with Gasteiger partial charge in [-0.1, -0.05) is 48.5 Å². The first-order valence-electron chi connectivity index (χ1n) is 16.9. The number of nitrogens with zero attached hydrogens (tertiary/aromatic N) is 2. The van der Waals surface area contributed by atoms with Crippen LogP contribution in [0.2, 0.25) is 0 Å². The molecule has 3 aliphatic rings. The molecule has 254 valence electrons. The number of ether oxygens (including phenoxy) is 2. The van der Waals surface area contributed by atoms with Gasteiger partial charge in [0, 0.05) is 44.3 Å². The van der Waals surface area contributed by atoms with Gasteiger partial charge in [-0.3, -0.25) is 10.2 Å². The first kappa shape index (κ1) is 34.0. The molecule has 2 fully saturated rings. The van der Waals surface area contributed by atoms with E-state index in [0.29, 0.717) is 38.4 Å². The van der Waals surface area contributed by atoms with Crippen molar-refractivity contribution in [2.75, 3.05) is 38.1 Å². The zero-order valence-corrected chi connectivity index (χ0v) is 29.5. The van der Waals surface area contributed by atoms with Crippen LogP contribution in [-0.2, 0) is 25.3 Å². The van der Waals surface area contributed by atoms with Crippen molar-refractivity contribution in [3.8, 4) is 11.1 Å². The van der Waals surface area contributed by atoms with Crippen LogP contribution in [0.15, 0.2) is 60.7 Å². The number of carbonyl (C=O) groups is 2. The van der Waals surface area contributed by atoms with Crippen LogP contribution in [0.4, 0.5) is 15.3 Å². The van der Waals surface area contributed by atoms with E-state index in [4.69, 9.17) is 18.8 Å². The van der Waals surface area contributed by atoms with E-state index in [2.05, 4.69) is 41.4 Å². The van der Waals surface area contributed by atoms with Crippen LogP contribution in [0.3, 0.4) is 0 Å². The summed E-state index contributed by atoms with van der Waals surface area (Å²) in [7, 11) is -0.595. The third-order valence-electron chi connectivity index (χ3n) is 10.1. The Kier molecular flexibility index (Phi) is 9.13. The Morgan fingerprint density at radius 2 is 1.46 bits per heavy atom. The van der Waals surface area contributed by atoms with Crippen LogP contribution in [-0.4, -0.2) is 78.7 Å². The molecular weight excluding hydrogens is 605 g/mol. The predicted molar refractivity (Wildman–Crippen MR) is 189 cm³/mol. The number of nitrogens with one attached hydrogen (secondary N) is 1. The van der Waals surface area contributed by atoms with Crippen LogP contribution in [0.5, 0.6) is 0 Å². The third-order valence-corrected chi connectivity index (χ3v) is 10.1. The zero-order chi connectivity index (χ0) is 34.4. The normalized spacial score (nSPS) is 18.8. The molecule has 6 rings (SSSR count). The van der Waals surface area contributed by atoms with E-state index in [1.807, 2.05) is 84.9 Å². The van der Waals surface area contributed by atoms with Crippen LogP contribution in [0.25, 0.3) is 11.1 Å². The van der Waals surface area contributed by atoms with Crippen molar-refractivity contribution in [3.63, 3.8) is 0 Å². The van der Waals surface area contributed by atoms with E-state index in [0.717, 1.165) is 16.6 Å². The standard InChI is InChI=1S/C38H48BN3O6/c1-25-26(23-41-17-19-42(20-18-41)35(44)46-36(2,3)4)21-27(22-33(25)39-47-37(5,6)38(7,8)48-39)40-34(43)45-24-32-30-15-11-9-13-28(30)29-14-10-12-16-31(29)32/h9-16,21-22,32H,17-20,23-24H2,1-8H3,(H,40,43). The molecule has 0 bridgehead atoms. The lowest BCUT2D eigenvalue weighted by Crippen LogP contribution is -2.49. The summed E-state index contributed by atoms with van der Waals surface area (Å²) in [5.74, 6) is -0.0311. The second kappa shape index (κ2) is 12.9. The Morgan fingerprint density at radius 3 is 2.02 bits per heavy atom. The molecule has 3 aromatic rings. The predicted octanol–water partition coefficient (Wildman–Crippen LogP) is 6.71. The van der Waals surface area contributed by atoms with Gasteiger partial charge in [0.25, 0.3) is 0 Å². The van der Waals surface area contributed by atoms with Crippen LogP contribution in [0.1, 0.15) is 76.6 Å². The van der Waals surface area contributed by atoms with Gasteiger partial charge in [0.05, 0.1) is 11.2 Å². The number of carbonyl (C=O) groups excluding carboxylic acids is 2. The zero-order valence-electron chi connectivity index (χ0n) is 29.5. The topological polar surface area (TPSA) is 89.6 Å². The van der Waals surface area contributed by atoms with Gasteiger partial charge in [-0.15, -0.1) is 0 Å². The van der Waals surface area contributed by atoms with E-state index < -0.39 is 30.0 Å². The fourth-order valence-electron chi connectivity index (χ4n) is 6.66. The maximum absolute atomic E-state index is 13.4. The number of benzene rings is 3. The van der Waals surface area contributed by atoms with E-state index in [-0.39, 0.29) is 18.6 Å². The molecule has 0 aromatic heterocycles. The minimum Gasteiger partial charge on any atom is -0.448 e. The maximum atomic E-state index is 13.4. The van der Waals surface area contributed by atoms with Crippen molar-refractivity contribution in [1.82, 2.24) is 9.80 Å². The lowest BCUT2D eigenvalue weighted by molar-refractivity contribution is 0.00578. The third kappa shape index (κ3) is 6.97. The van der Waals surface area contributed by atoms with Gasteiger partial charge >= 0.3 is 19.3 Å². The van der Waals surface area contributed by atoms with Crippen molar-refractivity contribution in [2.24, 2.45) is 0 Å². The van der Waals surface area contributed by atoms with Gasteiger partial charge in [-0.25, -0.2) is 9.59 Å². The van der Waals surface area contributed by atoms with E-state index in [1.165, 1.54) is 22.3 Å². The van der Waals surface area contributed by atoms with E-state index >= 15 is 0 Å². The van der Waals surface area contributed by atoms with Crippen molar-refractivity contribution in [3.05, 3.63) is 82.9 Å². The highest BCUT2D eigenvalue weighted by atomic mass is 16.7. The monoisotopic (exact) mass is 653 g/mol. The Bertz CT molecular complexity index is 1630. The largest absolute Gasteiger partial charge is 0.495 e. The summed E-state index contributed by atoms with van der Waals surface area (Å²) in [6.45, 7) is 19.3. The van der Waals surface area contributed by atoms with Gasteiger partial charge in [-0.2, -0.15) is 0 Å². The van der Waals surface area contributed by atoms with Gasteiger partial charge in [0.1, 0.15) is 12.2 Å². The van der Waals surface area contributed by atoms with E-state index in [9.17, 15) is 9.59 Å². The van der Waals surface area contributed by atoms with Crippen molar-refractivity contribution >= 4 is 30.5 Å². The van der Waals surface area contributed by atoms with Crippen molar-refractivity contribution < 1.29 is 28.4 Å². The number of anilines is 1. The Labute approximate surface area is 285 Å². The fourth-order valence-corrected chi connectivity index (χ4v) is 6.66. The molecule has 0 atom stereocenters. The number of amides is 2. The average Bonchev–Trinajstić information content (AvgIpc) is 3.45. The Hall–Kier alpha value is -3.86. The molecule has 0 spiro atoms. The molecule has 2 heterocycles. The van der Waals surface area contributed by atoms with Gasteiger partial charge in [0.15, 0.2) is 0 Å². The van der Waals surface area contributed by atoms with Crippen LogP contribution in [0, 0.1) is 6.92 Å². The number of piperazine rings is 1. The Morgan fingerprint density at radius 1 is 0.896 bits per heavy atom. The number of rotatable bonds is 6. The molecule has 1 N–H and O–H groups in total. The molecule has 0 saturated carbocycles. The summed E-state index contributed by atoms with van der Waals surface area (Å²) >= 11 is 0. The second-order valence-electron chi connectivity index (χ2n) is 15.1. The van der Waals surface area contributed by atoms with Gasteiger partial charge in [0.2, 0.25) is 0 Å². The summed E-state index contributed by atoms with van der Waals surface area (Å²) in [5, 5.41) is 3.01. The molecule has 2 amide bonds. The van der Waals surface area contributed by atoms with Crippen molar-refractivity contribution in [1.29, 1.82) is 0 Å². The summed E-state index contributed by atoms with van der Waals surface area (Å²) in [6, 6.07) is 20.5. The summed E-state index contributed by atoms with van der Waals surface area (Å²) in [5.41, 5.74) is 6.71. The minimum absolute atomic E-state index is 0.0311. The average molecular weight is 654 g/mol. The molecule has 0 radical (unpaired) electrons. The molecule has 3 aromatic carbocycles. The van der Waals surface area contributed by atoms with Gasteiger partial charge in [-0.05, 0) is 106 Å². The highest BCUT2D eigenvalue weighted by Gasteiger charge is 2.52. The summed E-state index contributed by atoms with van der Waals surface area (Å²) < 4.78 is 24.4. The molecule has 9 nitrogen and oxygen atoms in total. The number of hydrogen-bond donors (Lipinski definition) is 1. The van der Waals surface area contributed by atoms with Crippen LogP contribution < -0.4 is 10.8 Å².